The van der Waals surface area contributed by atoms with Crippen LogP contribution in [0.2, 0.25) is 0 Å². The number of nitrogens with zero attached hydrogens (tertiary/aromatic N) is 4. The quantitative estimate of drug-likeness (QED) is 0.595. The van der Waals surface area contributed by atoms with Crippen molar-refractivity contribution in [2.75, 3.05) is 6.54 Å². The second-order valence-corrected chi connectivity index (χ2v) is 8.77. The van der Waals surface area contributed by atoms with Crippen LogP contribution in [-0.2, 0) is 11.3 Å². The molecule has 2 aliphatic rings. The first-order valence-electron chi connectivity index (χ1n) is 11.2. The second kappa shape index (κ2) is 8.73. The van der Waals surface area contributed by atoms with Gasteiger partial charge in [-0.05, 0) is 57.0 Å². The van der Waals surface area contributed by atoms with Gasteiger partial charge in [0, 0.05) is 24.4 Å². The molecule has 2 fully saturated rings. The highest BCUT2D eigenvalue weighted by atomic mass is 16.5. The first-order valence-corrected chi connectivity index (χ1v) is 11.2. The van der Waals surface area contributed by atoms with E-state index in [1.165, 1.54) is 0 Å². The third-order valence-electron chi connectivity index (χ3n) is 5.97. The summed E-state index contributed by atoms with van der Waals surface area (Å²) in [6.07, 6.45) is 5.37. The summed E-state index contributed by atoms with van der Waals surface area (Å²) in [4.78, 5) is 31.9. The van der Waals surface area contributed by atoms with Gasteiger partial charge in [0.1, 0.15) is 23.7 Å². The number of aryl methyl sites for hydroxylation is 2. The van der Waals surface area contributed by atoms with Gasteiger partial charge in [-0.2, -0.15) is 5.10 Å². The Labute approximate surface area is 191 Å². The minimum atomic E-state index is -0.607. The van der Waals surface area contributed by atoms with Crippen LogP contribution in [0.1, 0.15) is 47.0 Å². The Bertz CT molecular complexity index is 1150. The summed E-state index contributed by atoms with van der Waals surface area (Å²) in [7, 11) is 0. The minimum Gasteiger partial charge on any atom is -0.487 e. The normalized spacial score (nSPS) is 20.1. The molecule has 2 atom stereocenters. The van der Waals surface area contributed by atoms with Crippen molar-refractivity contribution in [1.82, 2.24) is 25.0 Å². The maximum Gasteiger partial charge on any atom is 0.290 e. The molecule has 0 radical (unpaired) electrons. The van der Waals surface area contributed by atoms with Crippen molar-refractivity contribution in [2.24, 2.45) is 0 Å². The number of rotatable bonds is 7. The number of likely N-dealkylation sites (tertiary alicyclic amines) is 1. The number of furan rings is 1. The molecular weight excluding hydrogens is 422 g/mol. The van der Waals surface area contributed by atoms with Gasteiger partial charge < -0.3 is 19.4 Å². The number of amides is 2. The maximum atomic E-state index is 13.4. The Hall–Kier alpha value is -3.62. The molecule has 9 nitrogen and oxygen atoms in total. The number of hydrogen-bond donors (Lipinski definition) is 1. The topological polar surface area (TPSA) is 102 Å². The van der Waals surface area contributed by atoms with Gasteiger partial charge in [0.15, 0.2) is 5.76 Å². The summed E-state index contributed by atoms with van der Waals surface area (Å²) in [5.41, 5.74) is 1.94. The SMILES string of the molecule is Cc1cc(C)n(Cc2ccc(C(=O)N3C[C@@H](Oc4cccnc4)C[C@H]3C(=O)NC3CC3)o2)n1. The number of aromatic nitrogens is 3. The van der Waals surface area contributed by atoms with Crippen molar-refractivity contribution in [3.8, 4) is 5.75 Å². The highest BCUT2D eigenvalue weighted by Crippen LogP contribution is 2.27. The zero-order chi connectivity index (χ0) is 22.9. The standard InChI is InChI=1S/C24H27N5O4/c1-15-10-16(2)29(27-15)14-19-7-8-22(33-19)24(31)28-13-20(32-18-4-3-9-25-12-18)11-21(28)23(30)26-17-5-6-17/h3-4,7-10,12,17,20-21H,5-6,11,13-14H2,1-2H3,(H,26,30)/t20-,21-/m0/s1. The maximum absolute atomic E-state index is 13.4. The molecule has 3 aromatic heterocycles. The zero-order valence-corrected chi connectivity index (χ0v) is 18.7. The fourth-order valence-electron chi connectivity index (χ4n) is 4.19. The number of pyridine rings is 1. The predicted octanol–water partition coefficient (Wildman–Crippen LogP) is 2.48. The molecule has 1 aliphatic heterocycles. The molecule has 1 saturated carbocycles. The number of hydrogen-bond acceptors (Lipinski definition) is 6. The molecule has 172 valence electrons. The first kappa shape index (κ1) is 21.2. The van der Waals surface area contributed by atoms with Gasteiger partial charge in [-0.25, -0.2) is 0 Å². The summed E-state index contributed by atoms with van der Waals surface area (Å²) in [6, 6.07) is 8.64. The molecule has 0 spiro atoms. The van der Waals surface area contributed by atoms with Crippen LogP contribution in [0.4, 0.5) is 0 Å². The Morgan fingerprint density at radius 3 is 2.79 bits per heavy atom. The van der Waals surface area contributed by atoms with Crippen molar-refractivity contribution in [1.29, 1.82) is 0 Å². The average molecular weight is 450 g/mol. The molecule has 33 heavy (non-hydrogen) atoms. The number of carbonyl (C=O) groups excluding carboxylic acids is 2. The van der Waals surface area contributed by atoms with E-state index in [-0.39, 0.29) is 29.7 Å². The summed E-state index contributed by atoms with van der Waals surface area (Å²) >= 11 is 0. The van der Waals surface area contributed by atoms with Crippen LogP contribution in [0.15, 0.2) is 47.1 Å². The van der Waals surface area contributed by atoms with Crippen LogP contribution in [0, 0.1) is 13.8 Å². The Kier molecular flexibility index (Phi) is 5.62. The molecule has 1 saturated heterocycles. The summed E-state index contributed by atoms with van der Waals surface area (Å²) in [6.45, 7) is 4.64. The lowest BCUT2D eigenvalue weighted by atomic mass is 10.1. The van der Waals surface area contributed by atoms with Crippen LogP contribution in [-0.4, -0.2) is 56.2 Å². The lowest BCUT2D eigenvalue weighted by Gasteiger charge is -2.22. The third kappa shape index (κ3) is 4.76. The van der Waals surface area contributed by atoms with Crippen LogP contribution in [0.3, 0.4) is 0 Å². The van der Waals surface area contributed by atoms with Gasteiger partial charge in [0.25, 0.3) is 5.91 Å². The minimum absolute atomic E-state index is 0.141. The second-order valence-electron chi connectivity index (χ2n) is 8.77. The van der Waals surface area contributed by atoms with Gasteiger partial charge in [-0.15, -0.1) is 0 Å². The largest absolute Gasteiger partial charge is 0.487 e. The van der Waals surface area contributed by atoms with Crippen LogP contribution >= 0.6 is 0 Å². The van der Waals surface area contributed by atoms with Crippen LogP contribution in [0.25, 0.3) is 0 Å². The van der Waals surface area contributed by atoms with Gasteiger partial charge in [0.05, 0.1) is 25.0 Å². The zero-order valence-electron chi connectivity index (χ0n) is 18.7. The van der Waals surface area contributed by atoms with Crippen LogP contribution in [0.5, 0.6) is 5.75 Å². The molecule has 5 rings (SSSR count). The number of nitrogens with one attached hydrogen (secondary N) is 1. The molecular formula is C24H27N5O4. The van der Waals surface area contributed by atoms with E-state index in [9.17, 15) is 9.59 Å². The molecule has 4 heterocycles. The Balaban J connectivity index is 1.32. The highest BCUT2D eigenvalue weighted by Gasteiger charge is 2.43. The number of ether oxygens (including phenoxy) is 1. The molecule has 3 aromatic rings. The molecule has 0 bridgehead atoms. The van der Waals surface area contributed by atoms with E-state index >= 15 is 0 Å². The van der Waals surface area contributed by atoms with Crippen molar-refractivity contribution >= 4 is 11.8 Å². The highest BCUT2D eigenvalue weighted by molar-refractivity contribution is 5.96. The predicted molar refractivity (Wildman–Crippen MR) is 119 cm³/mol. The van der Waals surface area contributed by atoms with Gasteiger partial charge in [-0.3, -0.25) is 19.3 Å². The lowest BCUT2D eigenvalue weighted by molar-refractivity contribution is -0.125. The fraction of sp³-hybridized carbons (Fsp3) is 0.417. The van der Waals surface area contributed by atoms with E-state index in [2.05, 4.69) is 15.4 Å². The van der Waals surface area contributed by atoms with E-state index in [0.717, 1.165) is 24.2 Å². The lowest BCUT2D eigenvalue weighted by Crippen LogP contribution is -2.46. The summed E-state index contributed by atoms with van der Waals surface area (Å²) in [5, 5.41) is 7.46. The monoisotopic (exact) mass is 449 g/mol. The van der Waals surface area contributed by atoms with E-state index in [1.807, 2.05) is 30.7 Å². The van der Waals surface area contributed by atoms with Gasteiger partial charge in [0.2, 0.25) is 5.91 Å². The van der Waals surface area contributed by atoms with Gasteiger partial charge >= 0.3 is 0 Å². The van der Waals surface area contributed by atoms with Crippen molar-refractivity contribution in [2.45, 2.75) is 57.8 Å². The van der Waals surface area contributed by atoms with Crippen LogP contribution < -0.4 is 10.1 Å². The van der Waals surface area contributed by atoms with Crippen molar-refractivity contribution in [3.05, 3.63) is 65.6 Å². The van der Waals surface area contributed by atoms with E-state index < -0.39 is 6.04 Å². The molecule has 0 unspecified atom stereocenters. The Morgan fingerprint density at radius 1 is 1.24 bits per heavy atom. The smallest absolute Gasteiger partial charge is 0.290 e. The molecule has 0 aromatic carbocycles. The fourth-order valence-corrected chi connectivity index (χ4v) is 4.19. The van der Waals surface area contributed by atoms with E-state index in [1.54, 1.807) is 35.5 Å². The average Bonchev–Trinajstić information content (AvgIpc) is 3.18. The molecule has 9 heteroatoms. The third-order valence-corrected chi connectivity index (χ3v) is 5.97. The summed E-state index contributed by atoms with van der Waals surface area (Å²) in [5.74, 6) is 0.993. The first-order chi connectivity index (χ1) is 16.0. The van der Waals surface area contributed by atoms with Crippen molar-refractivity contribution < 1.29 is 18.7 Å². The van der Waals surface area contributed by atoms with E-state index in [4.69, 9.17) is 9.15 Å². The van der Waals surface area contributed by atoms with Gasteiger partial charge in [-0.1, -0.05) is 0 Å². The summed E-state index contributed by atoms with van der Waals surface area (Å²) < 4.78 is 13.7. The van der Waals surface area contributed by atoms with Crippen molar-refractivity contribution in [3.63, 3.8) is 0 Å². The molecule has 2 amide bonds. The van der Waals surface area contributed by atoms with E-state index in [0.29, 0.717) is 31.0 Å². The molecule has 1 aliphatic carbocycles. The number of carbonyl (C=O) groups is 2. The molecule has 1 N–H and O–H groups in total. The Morgan fingerprint density at radius 2 is 2.09 bits per heavy atom.